The summed E-state index contributed by atoms with van der Waals surface area (Å²) >= 11 is 0. The maximum atomic E-state index is 9.59. The Balaban J connectivity index is 0. The molecule has 1 amide bonds. The van der Waals surface area contributed by atoms with E-state index < -0.39 is 0 Å². The van der Waals surface area contributed by atoms with Crippen molar-refractivity contribution in [2.45, 2.75) is 46.5 Å². The zero-order valence-electron chi connectivity index (χ0n) is 7.31. The normalized spacial score (nSPS) is 7.90. The van der Waals surface area contributed by atoms with E-state index >= 15 is 0 Å². The molecule has 0 fully saturated rings. The van der Waals surface area contributed by atoms with Crippen molar-refractivity contribution in [3.05, 3.63) is 0 Å². The molecule has 2 nitrogen and oxygen atoms in total. The van der Waals surface area contributed by atoms with Crippen molar-refractivity contribution in [3.8, 4) is 0 Å². The van der Waals surface area contributed by atoms with Crippen molar-refractivity contribution in [1.82, 2.24) is 0 Å². The van der Waals surface area contributed by atoms with E-state index in [4.69, 9.17) is 0 Å². The maximum Gasteiger partial charge on any atom is 0.217 e. The minimum Gasteiger partial charge on any atom is -0.370 e. The van der Waals surface area contributed by atoms with Crippen LogP contribution in [0.2, 0.25) is 0 Å². The highest BCUT2D eigenvalue weighted by Gasteiger charge is 1.77. The van der Waals surface area contributed by atoms with Gasteiger partial charge in [-0.15, -0.1) is 0 Å². The van der Waals surface area contributed by atoms with Gasteiger partial charge in [-0.1, -0.05) is 40.0 Å². The third-order valence-corrected chi connectivity index (χ3v) is 1.06. The number of hydrogen-bond acceptors (Lipinski definition) is 1. The van der Waals surface area contributed by atoms with Crippen LogP contribution in [0.5, 0.6) is 0 Å². The third-order valence-electron chi connectivity index (χ3n) is 1.06. The Labute approximate surface area is 63.8 Å². The predicted octanol–water partition coefficient (Wildman–Crippen LogP) is 2.08. The van der Waals surface area contributed by atoms with Gasteiger partial charge in [0.1, 0.15) is 0 Å². The molecule has 0 rings (SSSR count). The molecule has 0 aliphatic carbocycles. The lowest BCUT2D eigenvalue weighted by molar-refractivity contribution is -0.117. The fourth-order valence-corrected chi connectivity index (χ4v) is 0.354. The number of rotatable bonds is 3. The topological polar surface area (TPSA) is 43.1 Å². The second-order valence-electron chi connectivity index (χ2n) is 2.17. The van der Waals surface area contributed by atoms with E-state index in [9.17, 15) is 4.79 Å². The van der Waals surface area contributed by atoms with E-state index in [1.165, 1.54) is 19.3 Å². The average molecular weight is 145 g/mol. The molecule has 0 saturated heterocycles. The number of carbonyl (C=O) groups excluding carboxylic acids is 1. The van der Waals surface area contributed by atoms with Gasteiger partial charge in [0.2, 0.25) is 5.91 Å². The fraction of sp³-hybridized carbons (Fsp3) is 0.875. The number of primary amides is 1. The summed E-state index contributed by atoms with van der Waals surface area (Å²) in [5, 5.41) is 0. The maximum absolute atomic E-state index is 9.59. The van der Waals surface area contributed by atoms with Gasteiger partial charge in [-0.25, -0.2) is 0 Å². The van der Waals surface area contributed by atoms with Crippen LogP contribution in [-0.4, -0.2) is 5.91 Å². The summed E-state index contributed by atoms with van der Waals surface area (Å²) in [5.41, 5.74) is 4.65. The number of amides is 1. The number of unbranched alkanes of at least 4 members (excludes halogenated alkanes) is 2. The van der Waals surface area contributed by atoms with E-state index in [1.54, 1.807) is 6.92 Å². The minimum absolute atomic E-state index is 0.245. The summed E-state index contributed by atoms with van der Waals surface area (Å²) in [6.07, 6.45) is 4.52. The van der Waals surface area contributed by atoms with Crippen LogP contribution in [0.15, 0.2) is 0 Å². The molecule has 2 N–H and O–H groups in total. The fourth-order valence-electron chi connectivity index (χ4n) is 0.354. The lowest BCUT2D eigenvalue weighted by Gasteiger charge is -1.79. The second-order valence-corrected chi connectivity index (χ2v) is 2.17. The molecule has 0 aliphatic heterocycles. The molecule has 0 unspecified atom stereocenters. The number of nitrogens with two attached hydrogens (primary N) is 1. The lowest BCUT2D eigenvalue weighted by Crippen LogP contribution is -2.06. The van der Waals surface area contributed by atoms with Gasteiger partial charge in [0.05, 0.1) is 0 Å². The molecule has 2 heteroatoms. The van der Waals surface area contributed by atoms with Gasteiger partial charge in [0.25, 0.3) is 0 Å². The summed E-state index contributed by atoms with van der Waals surface area (Å²) < 4.78 is 0. The predicted molar refractivity (Wildman–Crippen MR) is 44.7 cm³/mol. The molecule has 0 aromatic carbocycles. The monoisotopic (exact) mass is 145 g/mol. The molecule has 0 aromatic rings. The Kier molecular flexibility index (Phi) is 13.7. The average Bonchev–Trinajstić information content (AvgIpc) is 1.91. The lowest BCUT2D eigenvalue weighted by atomic mass is 10.3. The molecule has 0 bridgehead atoms. The first kappa shape index (κ1) is 12.2. The molecule has 0 saturated carbocycles. The standard InChI is InChI=1S/C5H12.C3H7NO/c1-3-5-4-2;1-2-3(4)5/h3-5H2,1-2H3;2H2,1H3,(H2,4,5). The molecule has 0 radical (unpaired) electrons. The van der Waals surface area contributed by atoms with Gasteiger partial charge < -0.3 is 5.73 Å². The van der Waals surface area contributed by atoms with Gasteiger partial charge >= 0.3 is 0 Å². The first-order valence-electron chi connectivity index (χ1n) is 3.97. The minimum atomic E-state index is -0.245. The van der Waals surface area contributed by atoms with Crippen LogP contribution >= 0.6 is 0 Å². The zero-order valence-corrected chi connectivity index (χ0v) is 7.31. The highest BCUT2D eigenvalue weighted by Crippen LogP contribution is 1.88. The number of hydrogen-bond donors (Lipinski definition) is 1. The van der Waals surface area contributed by atoms with E-state index in [2.05, 4.69) is 19.6 Å². The van der Waals surface area contributed by atoms with Gasteiger partial charge in [-0.2, -0.15) is 0 Å². The summed E-state index contributed by atoms with van der Waals surface area (Å²) in [4.78, 5) is 9.59. The van der Waals surface area contributed by atoms with Crippen LogP contribution in [0.25, 0.3) is 0 Å². The quantitative estimate of drug-likeness (QED) is 0.649. The third kappa shape index (κ3) is 26.0. The highest BCUT2D eigenvalue weighted by molar-refractivity contribution is 5.73. The molecule has 0 spiro atoms. The molecule has 10 heavy (non-hydrogen) atoms. The SMILES string of the molecule is CCC(N)=O.CCCCC. The zero-order chi connectivity index (χ0) is 8.41. The van der Waals surface area contributed by atoms with E-state index in [0.29, 0.717) is 6.42 Å². The molecule has 0 aromatic heterocycles. The van der Waals surface area contributed by atoms with E-state index in [1.807, 2.05) is 0 Å². The van der Waals surface area contributed by atoms with Crippen molar-refractivity contribution in [2.75, 3.05) is 0 Å². The molecule has 0 heterocycles. The van der Waals surface area contributed by atoms with Crippen molar-refractivity contribution in [2.24, 2.45) is 5.73 Å². The summed E-state index contributed by atoms with van der Waals surface area (Å²) in [6.45, 7) is 6.15. The van der Waals surface area contributed by atoms with Gasteiger partial charge in [-0.05, 0) is 0 Å². The molecular formula is C8H19NO. The smallest absolute Gasteiger partial charge is 0.217 e. The highest BCUT2D eigenvalue weighted by atomic mass is 16.1. The van der Waals surface area contributed by atoms with Crippen molar-refractivity contribution < 1.29 is 4.79 Å². The van der Waals surface area contributed by atoms with Crippen LogP contribution in [0, 0.1) is 0 Å². The number of carbonyl (C=O) groups is 1. The van der Waals surface area contributed by atoms with Crippen molar-refractivity contribution >= 4 is 5.91 Å². The van der Waals surface area contributed by atoms with Gasteiger partial charge in [0, 0.05) is 6.42 Å². The molecule has 62 valence electrons. The van der Waals surface area contributed by atoms with Crippen LogP contribution in [0.3, 0.4) is 0 Å². The Hall–Kier alpha value is -0.530. The van der Waals surface area contributed by atoms with Crippen LogP contribution in [0.4, 0.5) is 0 Å². The van der Waals surface area contributed by atoms with E-state index in [-0.39, 0.29) is 5.91 Å². The molecule has 0 atom stereocenters. The first-order valence-corrected chi connectivity index (χ1v) is 3.97. The summed E-state index contributed by atoms with van der Waals surface area (Å²) in [6, 6.07) is 0. The van der Waals surface area contributed by atoms with Crippen LogP contribution < -0.4 is 5.73 Å². The Bertz CT molecular complexity index is 69.7. The van der Waals surface area contributed by atoms with Crippen LogP contribution in [-0.2, 0) is 4.79 Å². The Morgan fingerprint density at radius 2 is 1.50 bits per heavy atom. The Morgan fingerprint density at radius 1 is 1.20 bits per heavy atom. The summed E-state index contributed by atoms with van der Waals surface area (Å²) in [7, 11) is 0. The second kappa shape index (κ2) is 11.3. The largest absolute Gasteiger partial charge is 0.370 e. The van der Waals surface area contributed by atoms with Gasteiger partial charge in [-0.3, -0.25) is 4.79 Å². The van der Waals surface area contributed by atoms with Crippen molar-refractivity contribution in [1.29, 1.82) is 0 Å². The van der Waals surface area contributed by atoms with E-state index in [0.717, 1.165) is 0 Å². The van der Waals surface area contributed by atoms with Crippen molar-refractivity contribution in [3.63, 3.8) is 0 Å². The first-order chi connectivity index (χ1) is 4.68. The summed E-state index contributed by atoms with van der Waals surface area (Å²) in [5.74, 6) is -0.245. The molecular weight excluding hydrogens is 126 g/mol. The Morgan fingerprint density at radius 3 is 1.50 bits per heavy atom. The van der Waals surface area contributed by atoms with Crippen LogP contribution in [0.1, 0.15) is 46.5 Å². The molecule has 0 aliphatic rings. The van der Waals surface area contributed by atoms with Gasteiger partial charge in [0.15, 0.2) is 0 Å².